The highest BCUT2D eigenvalue weighted by Gasteiger charge is 2.28. The number of unbranched alkanes of at least 4 members (excludes halogenated alkanes) is 1. The van der Waals surface area contributed by atoms with Crippen molar-refractivity contribution in [1.82, 2.24) is 0 Å². The molecule has 0 saturated heterocycles. The van der Waals surface area contributed by atoms with Gasteiger partial charge in [-0.25, -0.2) is 0 Å². The van der Waals surface area contributed by atoms with Crippen LogP contribution in [0.3, 0.4) is 0 Å². The Bertz CT molecular complexity index is 385. The fourth-order valence-corrected chi connectivity index (χ4v) is 1.96. The van der Waals surface area contributed by atoms with Gasteiger partial charge in [-0.2, -0.15) is 0 Å². The monoisotopic (exact) mass is 308 g/mol. The van der Waals surface area contributed by atoms with Crippen LogP contribution in [0, 0.1) is 5.41 Å². The third-order valence-electron chi connectivity index (χ3n) is 3.28. The minimum atomic E-state index is -0.393. The molecule has 0 saturated carbocycles. The van der Waals surface area contributed by atoms with E-state index < -0.39 is 5.41 Å². The fourth-order valence-electron chi connectivity index (χ4n) is 1.96. The lowest BCUT2D eigenvalue weighted by Crippen LogP contribution is -2.26. The molecule has 3 heteroatoms. The number of carbonyl (C=O) groups is 1. The zero-order valence-electron chi connectivity index (χ0n) is 14.9. The fraction of sp³-hybridized carbons (Fsp3) is 0.632. The largest absolute Gasteiger partial charge is 0.466 e. The zero-order valence-corrected chi connectivity index (χ0v) is 14.9. The third kappa shape index (κ3) is 8.83. The van der Waals surface area contributed by atoms with Crippen molar-refractivity contribution < 1.29 is 14.3 Å². The van der Waals surface area contributed by atoms with Crippen molar-refractivity contribution in [3.05, 3.63) is 35.9 Å². The number of hydrogen-bond acceptors (Lipinski definition) is 3. The topological polar surface area (TPSA) is 35.5 Å². The van der Waals surface area contributed by atoms with Crippen LogP contribution in [0.15, 0.2) is 30.3 Å². The molecular formula is C19H32O3. The summed E-state index contributed by atoms with van der Waals surface area (Å²) in [6, 6.07) is 10.1. The second kappa shape index (κ2) is 12.2. The van der Waals surface area contributed by atoms with E-state index in [-0.39, 0.29) is 5.97 Å². The summed E-state index contributed by atoms with van der Waals surface area (Å²) in [5, 5.41) is 0. The smallest absolute Gasteiger partial charge is 0.311 e. The van der Waals surface area contributed by atoms with Gasteiger partial charge in [-0.15, -0.1) is 0 Å². The first kappa shape index (κ1) is 20.6. The molecule has 0 radical (unpaired) electrons. The maximum atomic E-state index is 11.7. The van der Waals surface area contributed by atoms with Gasteiger partial charge in [0.05, 0.1) is 18.6 Å². The second-order valence-electron chi connectivity index (χ2n) is 5.60. The summed E-state index contributed by atoms with van der Waals surface area (Å²) >= 11 is 0. The van der Waals surface area contributed by atoms with Crippen molar-refractivity contribution in [1.29, 1.82) is 0 Å². The first-order valence-electron chi connectivity index (χ1n) is 8.35. The van der Waals surface area contributed by atoms with Gasteiger partial charge in [0, 0.05) is 6.61 Å². The van der Waals surface area contributed by atoms with Crippen LogP contribution in [0.25, 0.3) is 0 Å². The zero-order chi connectivity index (χ0) is 16.8. The van der Waals surface area contributed by atoms with Crippen molar-refractivity contribution in [3.63, 3.8) is 0 Å². The molecule has 0 spiro atoms. The van der Waals surface area contributed by atoms with Crippen LogP contribution in [-0.2, 0) is 20.9 Å². The average molecular weight is 308 g/mol. The summed E-state index contributed by atoms with van der Waals surface area (Å²) in [6.45, 7) is 11.6. The highest BCUT2D eigenvalue weighted by Crippen LogP contribution is 2.25. The highest BCUT2D eigenvalue weighted by molar-refractivity contribution is 5.75. The lowest BCUT2D eigenvalue weighted by Gasteiger charge is -2.21. The van der Waals surface area contributed by atoms with Gasteiger partial charge < -0.3 is 9.47 Å². The molecule has 0 bridgehead atoms. The molecule has 0 heterocycles. The Hall–Kier alpha value is -1.35. The van der Waals surface area contributed by atoms with Crippen LogP contribution >= 0.6 is 0 Å². The van der Waals surface area contributed by atoms with Crippen LogP contribution in [0.5, 0.6) is 0 Å². The Balaban J connectivity index is 0.00000211. The van der Waals surface area contributed by atoms with E-state index in [1.807, 2.05) is 52.8 Å². The molecule has 0 aliphatic heterocycles. The maximum Gasteiger partial charge on any atom is 0.311 e. The molecule has 1 aromatic carbocycles. The third-order valence-corrected chi connectivity index (χ3v) is 3.28. The van der Waals surface area contributed by atoms with Gasteiger partial charge in [0.1, 0.15) is 0 Å². The molecule has 1 rings (SSSR count). The van der Waals surface area contributed by atoms with Crippen molar-refractivity contribution in [2.24, 2.45) is 5.41 Å². The van der Waals surface area contributed by atoms with E-state index in [9.17, 15) is 4.79 Å². The molecule has 126 valence electrons. The molecule has 0 atom stereocenters. The SMILES string of the molecule is CC.CCOC(=O)C(C)(C)CCCCOCc1ccccc1. The molecule has 1 aromatic rings. The predicted molar refractivity (Wildman–Crippen MR) is 91.7 cm³/mol. The number of rotatable bonds is 9. The lowest BCUT2D eigenvalue weighted by molar-refractivity contribution is -0.153. The predicted octanol–water partition coefficient (Wildman–Crippen LogP) is 4.99. The summed E-state index contributed by atoms with van der Waals surface area (Å²) in [5.41, 5.74) is 0.800. The summed E-state index contributed by atoms with van der Waals surface area (Å²) in [7, 11) is 0. The number of benzene rings is 1. The molecule has 0 aliphatic carbocycles. The maximum absolute atomic E-state index is 11.7. The number of ether oxygens (including phenoxy) is 2. The van der Waals surface area contributed by atoms with Gasteiger partial charge in [-0.05, 0) is 39.2 Å². The van der Waals surface area contributed by atoms with Crippen LogP contribution in [0.1, 0.15) is 59.4 Å². The van der Waals surface area contributed by atoms with E-state index in [1.54, 1.807) is 0 Å². The minimum Gasteiger partial charge on any atom is -0.466 e. The summed E-state index contributed by atoms with van der Waals surface area (Å²) in [5.74, 6) is -0.106. The minimum absolute atomic E-state index is 0.106. The molecule has 0 aromatic heterocycles. The highest BCUT2D eigenvalue weighted by atomic mass is 16.5. The number of hydrogen-bond donors (Lipinski definition) is 0. The van der Waals surface area contributed by atoms with E-state index in [1.165, 1.54) is 5.56 Å². The summed E-state index contributed by atoms with van der Waals surface area (Å²) in [6.07, 6.45) is 2.77. The summed E-state index contributed by atoms with van der Waals surface area (Å²) in [4.78, 5) is 11.7. The Morgan fingerprint density at radius 1 is 1.09 bits per heavy atom. The van der Waals surface area contributed by atoms with Gasteiger partial charge in [0.25, 0.3) is 0 Å². The quantitative estimate of drug-likeness (QED) is 0.476. The Morgan fingerprint density at radius 2 is 1.73 bits per heavy atom. The molecular weight excluding hydrogens is 276 g/mol. The van der Waals surface area contributed by atoms with E-state index in [4.69, 9.17) is 9.47 Å². The molecule has 0 aliphatic rings. The van der Waals surface area contributed by atoms with Crippen LogP contribution in [0.4, 0.5) is 0 Å². The van der Waals surface area contributed by atoms with Crippen molar-refractivity contribution in [2.45, 2.75) is 60.5 Å². The van der Waals surface area contributed by atoms with Crippen molar-refractivity contribution in [2.75, 3.05) is 13.2 Å². The van der Waals surface area contributed by atoms with Gasteiger partial charge in [0.2, 0.25) is 0 Å². The Morgan fingerprint density at radius 3 is 2.32 bits per heavy atom. The van der Waals surface area contributed by atoms with E-state index in [0.29, 0.717) is 13.2 Å². The first-order valence-corrected chi connectivity index (χ1v) is 8.35. The molecule has 0 N–H and O–H groups in total. The number of carbonyl (C=O) groups excluding carboxylic acids is 1. The van der Waals surface area contributed by atoms with Crippen molar-refractivity contribution >= 4 is 5.97 Å². The Labute approximate surface area is 136 Å². The van der Waals surface area contributed by atoms with Crippen LogP contribution in [0.2, 0.25) is 0 Å². The van der Waals surface area contributed by atoms with Gasteiger partial charge in [0.15, 0.2) is 0 Å². The Kier molecular flexibility index (Phi) is 11.5. The standard InChI is InChI=1S/C17H26O3.C2H6/c1-4-20-16(18)17(2,3)12-8-9-13-19-14-15-10-6-5-7-11-15;1-2/h5-7,10-11H,4,8-9,12-14H2,1-3H3;1-2H3. The molecule has 22 heavy (non-hydrogen) atoms. The van der Waals surface area contributed by atoms with E-state index >= 15 is 0 Å². The van der Waals surface area contributed by atoms with E-state index in [2.05, 4.69) is 12.1 Å². The average Bonchev–Trinajstić information content (AvgIpc) is 2.54. The van der Waals surface area contributed by atoms with Crippen LogP contribution < -0.4 is 0 Å². The molecule has 0 fully saturated rings. The van der Waals surface area contributed by atoms with Gasteiger partial charge in [-0.3, -0.25) is 4.79 Å². The first-order chi connectivity index (χ1) is 10.6. The molecule has 0 amide bonds. The van der Waals surface area contributed by atoms with Gasteiger partial charge in [-0.1, -0.05) is 50.6 Å². The summed E-state index contributed by atoms with van der Waals surface area (Å²) < 4.78 is 10.7. The van der Waals surface area contributed by atoms with Crippen molar-refractivity contribution in [3.8, 4) is 0 Å². The molecule has 3 nitrogen and oxygen atoms in total. The van der Waals surface area contributed by atoms with Crippen LogP contribution in [-0.4, -0.2) is 19.2 Å². The number of esters is 1. The second-order valence-corrected chi connectivity index (χ2v) is 5.60. The molecule has 0 unspecified atom stereocenters. The van der Waals surface area contributed by atoms with Gasteiger partial charge >= 0.3 is 5.97 Å². The van der Waals surface area contributed by atoms with E-state index in [0.717, 1.165) is 25.9 Å². The normalized spacial score (nSPS) is 10.6. The lowest BCUT2D eigenvalue weighted by atomic mass is 9.87.